The van der Waals surface area contributed by atoms with Crippen LogP contribution in [0.15, 0.2) is 0 Å². The zero-order valence-electron chi connectivity index (χ0n) is 6.84. The summed E-state index contributed by atoms with van der Waals surface area (Å²) in [5.74, 6) is 0. The van der Waals surface area contributed by atoms with Crippen molar-refractivity contribution >= 4 is 7.05 Å². The maximum absolute atomic E-state index is 9.00. The van der Waals surface area contributed by atoms with Gasteiger partial charge in [0.1, 0.15) is 0 Å². The average molecular weight is 158 g/mol. The van der Waals surface area contributed by atoms with Gasteiger partial charge in [0.15, 0.2) is 0 Å². The van der Waals surface area contributed by atoms with Crippen LogP contribution in [0.3, 0.4) is 0 Å². The number of nitrogens with one attached hydrogen (secondary N) is 2. The Labute approximate surface area is 67.4 Å². The van der Waals surface area contributed by atoms with Gasteiger partial charge in [0, 0.05) is 19.1 Å². The lowest BCUT2D eigenvalue weighted by Crippen LogP contribution is -2.46. The van der Waals surface area contributed by atoms with E-state index in [-0.39, 0.29) is 6.04 Å². The van der Waals surface area contributed by atoms with Crippen LogP contribution in [0.2, 0.25) is 6.82 Å². The Balaban J connectivity index is 2.20. The van der Waals surface area contributed by atoms with E-state index in [1.54, 1.807) is 6.82 Å². The van der Waals surface area contributed by atoms with Crippen LogP contribution in [-0.4, -0.2) is 44.4 Å². The summed E-state index contributed by atoms with van der Waals surface area (Å²) in [5.41, 5.74) is 0. The van der Waals surface area contributed by atoms with Crippen molar-refractivity contribution in [2.45, 2.75) is 12.9 Å². The molecule has 0 spiro atoms. The van der Waals surface area contributed by atoms with Crippen LogP contribution in [-0.2, 0) is 4.74 Å². The molecule has 11 heavy (non-hydrogen) atoms. The van der Waals surface area contributed by atoms with E-state index in [0.29, 0.717) is 6.61 Å². The van der Waals surface area contributed by atoms with E-state index in [9.17, 15) is 0 Å². The molecule has 1 unspecified atom stereocenters. The van der Waals surface area contributed by atoms with Crippen LogP contribution < -0.4 is 10.5 Å². The first-order valence-corrected chi connectivity index (χ1v) is 4.01. The summed E-state index contributed by atoms with van der Waals surface area (Å²) in [6, 6.07) is 0.234. The zero-order chi connectivity index (χ0) is 8.10. The first-order valence-electron chi connectivity index (χ1n) is 4.01. The number of ether oxygens (including phenoxy) is 1. The fourth-order valence-electron chi connectivity index (χ4n) is 1.15. The molecule has 3 N–H and O–H groups in total. The fourth-order valence-corrected chi connectivity index (χ4v) is 1.15. The van der Waals surface area contributed by atoms with Crippen molar-refractivity contribution in [1.29, 1.82) is 0 Å². The summed E-state index contributed by atoms with van der Waals surface area (Å²) in [7, 11) is -0.455. The lowest BCUT2D eigenvalue weighted by Gasteiger charge is -2.15. The molecule has 1 saturated heterocycles. The van der Waals surface area contributed by atoms with Gasteiger partial charge in [-0.25, -0.2) is 0 Å². The maximum atomic E-state index is 9.00. The van der Waals surface area contributed by atoms with Gasteiger partial charge < -0.3 is 20.3 Å². The molecule has 1 aliphatic heterocycles. The molecule has 0 aromatic carbocycles. The Morgan fingerprint density at radius 2 is 2.55 bits per heavy atom. The van der Waals surface area contributed by atoms with Crippen LogP contribution >= 0.6 is 0 Å². The van der Waals surface area contributed by atoms with Crippen molar-refractivity contribution in [3.8, 4) is 0 Å². The molecule has 1 aliphatic rings. The average Bonchev–Trinajstić information content (AvgIpc) is 2.14. The van der Waals surface area contributed by atoms with Gasteiger partial charge in [-0.15, -0.1) is 0 Å². The van der Waals surface area contributed by atoms with E-state index < -0.39 is 7.05 Å². The van der Waals surface area contributed by atoms with E-state index in [1.165, 1.54) is 0 Å². The minimum atomic E-state index is -0.455. The van der Waals surface area contributed by atoms with Crippen molar-refractivity contribution in [2.24, 2.45) is 0 Å². The normalized spacial score (nSPS) is 26.2. The predicted octanol–water partition coefficient (Wildman–Crippen LogP) is -1.33. The largest absolute Gasteiger partial charge is 0.437 e. The number of hydrogen-bond donors (Lipinski definition) is 3. The fraction of sp³-hybridized carbons (Fsp3) is 1.00. The molecule has 0 bridgehead atoms. The third-order valence-corrected chi connectivity index (χ3v) is 1.61. The molecule has 0 amide bonds. The van der Waals surface area contributed by atoms with Crippen molar-refractivity contribution < 1.29 is 9.76 Å². The second kappa shape index (κ2) is 4.72. The van der Waals surface area contributed by atoms with Crippen LogP contribution in [0.4, 0.5) is 0 Å². The lowest BCUT2D eigenvalue weighted by molar-refractivity contribution is 0.137. The Bertz CT molecular complexity index is 105. The lowest BCUT2D eigenvalue weighted by atomic mass is 9.87. The Morgan fingerprint density at radius 3 is 3.27 bits per heavy atom. The van der Waals surface area contributed by atoms with Gasteiger partial charge in [-0.05, 0) is 6.82 Å². The highest BCUT2D eigenvalue weighted by Crippen LogP contribution is 1.89. The highest BCUT2D eigenvalue weighted by Gasteiger charge is 2.14. The van der Waals surface area contributed by atoms with Crippen LogP contribution in [0.1, 0.15) is 0 Å². The quantitative estimate of drug-likeness (QED) is 0.436. The molecule has 1 atom stereocenters. The standard InChI is InChI=1S/C6H15BN2O2/c1-7(10)9-6-4-8-2-3-11-5-6/h6,8-10H,2-5H2,1H3. The summed E-state index contributed by atoms with van der Waals surface area (Å²) in [6.45, 7) is 4.92. The molecule has 0 aromatic heterocycles. The van der Waals surface area contributed by atoms with Crippen molar-refractivity contribution in [3.05, 3.63) is 0 Å². The van der Waals surface area contributed by atoms with Crippen molar-refractivity contribution in [1.82, 2.24) is 10.5 Å². The third-order valence-electron chi connectivity index (χ3n) is 1.61. The Morgan fingerprint density at radius 1 is 1.73 bits per heavy atom. The van der Waals surface area contributed by atoms with Gasteiger partial charge >= 0.3 is 7.05 Å². The van der Waals surface area contributed by atoms with Crippen LogP contribution in [0.25, 0.3) is 0 Å². The smallest absolute Gasteiger partial charge is 0.373 e. The molecule has 0 aliphatic carbocycles. The van der Waals surface area contributed by atoms with E-state index in [2.05, 4.69) is 10.5 Å². The summed E-state index contributed by atoms with van der Waals surface area (Å²) in [4.78, 5) is 0. The molecule has 64 valence electrons. The minimum Gasteiger partial charge on any atom is -0.437 e. The van der Waals surface area contributed by atoms with Crippen molar-refractivity contribution in [3.63, 3.8) is 0 Å². The monoisotopic (exact) mass is 158 g/mol. The van der Waals surface area contributed by atoms with Gasteiger partial charge in [0.05, 0.1) is 13.2 Å². The zero-order valence-corrected chi connectivity index (χ0v) is 6.84. The molecule has 4 nitrogen and oxygen atoms in total. The van der Waals surface area contributed by atoms with Crippen LogP contribution in [0.5, 0.6) is 0 Å². The SMILES string of the molecule is CB(O)NC1CNCCOC1. The van der Waals surface area contributed by atoms with Gasteiger partial charge in [0.2, 0.25) is 0 Å². The van der Waals surface area contributed by atoms with Gasteiger partial charge in [-0.1, -0.05) is 0 Å². The van der Waals surface area contributed by atoms with Gasteiger partial charge in [0.25, 0.3) is 0 Å². The Hall–Kier alpha value is -0.0951. The van der Waals surface area contributed by atoms with E-state index >= 15 is 0 Å². The topological polar surface area (TPSA) is 53.5 Å². The summed E-state index contributed by atoms with van der Waals surface area (Å²) >= 11 is 0. The molecule has 1 rings (SSSR count). The molecular weight excluding hydrogens is 143 g/mol. The molecule has 0 saturated carbocycles. The number of hydrogen-bond acceptors (Lipinski definition) is 4. The van der Waals surface area contributed by atoms with E-state index in [1.807, 2.05) is 0 Å². The van der Waals surface area contributed by atoms with Crippen molar-refractivity contribution in [2.75, 3.05) is 26.3 Å². The summed E-state index contributed by atoms with van der Waals surface area (Å²) < 4.78 is 5.27. The Kier molecular flexibility index (Phi) is 3.86. The first-order chi connectivity index (χ1) is 5.29. The number of rotatable bonds is 2. The molecular formula is C6H15BN2O2. The maximum Gasteiger partial charge on any atom is 0.373 e. The molecule has 1 fully saturated rings. The predicted molar refractivity (Wildman–Crippen MR) is 44.4 cm³/mol. The summed E-state index contributed by atoms with van der Waals surface area (Å²) in [5, 5.41) is 15.2. The highest BCUT2D eigenvalue weighted by atomic mass is 16.5. The van der Waals surface area contributed by atoms with Gasteiger partial charge in [-0.2, -0.15) is 0 Å². The first kappa shape index (κ1) is 9.00. The molecule has 5 heteroatoms. The molecule has 0 aromatic rings. The third kappa shape index (κ3) is 3.72. The second-order valence-corrected chi connectivity index (χ2v) is 2.82. The van der Waals surface area contributed by atoms with E-state index in [0.717, 1.165) is 19.7 Å². The second-order valence-electron chi connectivity index (χ2n) is 2.82. The van der Waals surface area contributed by atoms with Crippen LogP contribution in [0, 0.1) is 0 Å². The minimum absolute atomic E-state index is 0.234. The van der Waals surface area contributed by atoms with E-state index in [4.69, 9.17) is 9.76 Å². The molecule has 0 radical (unpaired) electrons. The van der Waals surface area contributed by atoms with Gasteiger partial charge in [-0.3, -0.25) is 0 Å². The summed E-state index contributed by atoms with van der Waals surface area (Å²) in [6.07, 6.45) is 0. The highest BCUT2D eigenvalue weighted by molar-refractivity contribution is 6.45. The molecule has 1 heterocycles.